The van der Waals surface area contributed by atoms with E-state index in [0.29, 0.717) is 11.5 Å². The number of carbonyl (C=O) groups excluding carboxylic acids is 2. The second-order valence-corrected chi connectivity index (χ2v) is 7.29. The second kappa shape index (κ2) is 5.01. The number of esters is 1. The van der Waals surface area contributed by atoms with Crippen molar-refractivity contribution in [3.8, 4) is 0 Å². The number of fused-ring (bicyclic) bond motifs is 1. The van der Waals surface area contributed by atoms with Gasteiger partial charge in [0.1, 0.15) is 6.29 Å². The third-order valence-corrected chi connectivity index (χ3v) is 6.18. The van der Waals surface area contributed by atoms with Gasteiger partial charge in [-0.3, -0.25) is 9.59 Å². The molecule has 0 N–H and O–H groups in total. The Balaban J connectivity index is 2.45. The van der Waals surface area contributed by atoms with Crippen molar-refractivity contribution in [1.82, 2.24) is 0 Å². The van der Waals surface area contributed by atoms with E-state index in [9.17, 15) is 9.59 Å². The molecular formula is C17H26O3. The lowest BCUT2D eigenvalue weighted by molar-refractivity contribution is -0.163. The number of methoxy groups -OCH3 is 1. The lowest BCUT2D eigenvalue weighted by atomic mass is 9.53. The largest absolute Gasteiger partial charge is 0.469 e. The second-order valence-electron chi connectivity index (χ2n) is 7.29. The molecule has 3 heteroatoms. The van der Waals surface area contributed by atoms with E-state index in [0.717, 1.165) is 32.0 Å². The number of hydrogen-bond donors (Lipinski definition) is 0. The van der Waals surface area contributed by atoms with E-state index >= 15 is 0 Å². The average molecular weight is 278 g/mol. The first-order valence-electron chi connectivity index (χ1n) is 7.52. The Labute approximate surface area is 121 Å². The van der Waals surface area contributed by atoms with Crippen LogP contribution in [0.15, 0.2) is 12.2 Å². The third-order valence-electron chi connectivity index (χ3n) is 6.18. The van der Waals surface area contributed by atoms with E-state index in [1.165, 1.54) is 7.11 Å². The van der Waals surface area contributed by atoms with E-state index in [-0.39, 0.29) is 23.2 Å². The molecule has 0 radical (unpaired) electrons. The van der Waals surface area contributed by atoms with Crippen LogP contribution in [0.3, 0.4) is 0 Å². The van der Waals surface area contributed by atoms with Crippen LogP contribution in [0.2, 0.25) is 0 Å². The molecule has 0 aromatic carbocycles. The summed E-state index contributed by atoms with van der Waals surface area (Å²) >= 11 is 0. The smallest absolute Gasteiger partial charge is 0.312 e. The minimum Gasteiger partial charge on any atom is -0.469 e. The summed E-state index contributed by atoms with van der Waals surface area (Å²) in [6.45, 7) is 10.7. The van der Waals surface area contributed by atoms with Crippen molar-refractivity contribution < 1.29 is 14.3 Å². The molecule has 0 aromatic rings. The molecule has 0 amide bonds. The lowest BCUT2D eigenvalue weighted by Crippen LogP contribution is -2.49. The molecule has 2 fully saturated rings. The van der Waals surface area contributed by atoms with Gasteiger partial charge in [0.2, 0.25) is 0 Å². The Hall–Kier alpha value is -1.12. The standard InChI is InChI=1S/C17H26O3/c1-11(10-18)13-6-7-17(15(19)20-5)9-8-16(3,4)12(2)14(13)17/h10,12-14H,1,6-9H2,2-5H3/t12?,13-,14?,17?/m0/s1. The van der Waals surface area contributed by atoms with Crippen molar-refractivity contribution in [3.63, 3.8) is 0 Å². The maximum atomic E-state index is 12.4. The van der Waals surface area contributed by atoms with Crippen LogP contribution in [0.5, 0.6) is 0 Å². The van der Waals surface area contributed by atoms with Gasteiger partial charge in [-0.1, -0.05) is 27.4 Å². The first-order chi connectivity index (χ1) is 9.30. The number of carbonyl (C=O) groups is 2. The van der Waals surface area contributed by atoms with Crippen molar-refractivity contribution >= 4 is 12.3 Å². The molecule has 112 valence electrons. The van der Waals surface area contributed by atoms with Crippen molar-refractivity contribution in [3.05, 3.63) is 12.2 Å². The fourth-order valence-corrected chi connectivity index (χ4v) is 4.57. The van der Waals surface area contributed by atoms with Gasteiger partial charge in [0, 0.05) is 0 Å². The van der Waals surface area contributed by atoms with Crippen LogP contribution in [-0.2, 0) is 14.3 Å². The summed E-state index contributed by atoms with van der Waals surface area (Å²) in [5, 5.41) is 0. The average Bonchev–Trinajstić information content (AvgIpc) is 2.82. The third kappa shape index (κ3) is 2.02. The summed E-state index contributed by atoms with van der Waals surface area (Å²) in [4.78, 5) is 23.6. The van der Waals surface area contributed by atoms with Gasteiger partial charge in [0.05, 0.1) is 12.5 Å². The zero-order chi connectivity index (χ0) is 15.1. The highest BCUT2D eigenvalue weighted by Crippen LogP contribution is 2.63. The summed E-state index contributed by atoms with van der Waals surface area (Å²) < 4.78 is 5.12. The maximum Gasteiger partial charge on any atom is 0.312 e. The maximum absolute atomic E-state index is 12.4. The van der Waals surface area contributed by atoms with Gasteiger partial charge in [-0.25, -0.2) is 0 Å². The van der Waals surface area contributed by atoms with Crippen molar-refractivity contribution in [2.24, 2.45) is 28.6 Å². The van der Waals surface area contributed by atoms with Crippen LogP contribution in [0.4, 0.5) is 0 Å². The SMILES string of the molecule is C=C(C=O)[C@@H]1CCC2(C(=O)OC)CCC(C)(C)C(C)C12. The van der Waals surface area contributed by atoms with E-state index < -0.39 is 5.41 Å². The zero-order valence-corrected chi connectivity index (χ0v) is 13.1. The zero-order valence-electron chi connectivity index (χ0n) is 13.1. The predicted octanol–water partition coefficient (Wildman–Crippen LogP) is 3.38. The fraction of sp³-hybridized carbons (Fsp3) is 0.765. The Morgan fingerprint density at radius 3 is 2.50 bits per heavy atom. The van der Waals surface area contributed by atoms with Gasteiger partial charge in [-0.05, 0) is 54.4 Å². The molecule has 4 atom stereocenters. The van der Waals surface area contributed by atoms with Crippen LogP contribution < -0.4 is 0 Å². The van der Waals surface area contributed by atoms with Crippen LogP contribution >= 0.6 is 0 Å². The molecule has 3 unspecified atom stereocenters. The Kier molecular flexibility index (Phi) is 3.83. The Morgan fingerprint density at radius 2 is 1.95 bits per heavy atom. The molecule has 0 aliphatic heterocycles. The highest BCUT2D eigenvalue weighted by molar-refractivity contribution is 5.79. The Bertz CT molecular complexity index is 438. The van der Waals surface area contributed by atoms with Gasteiger partial charge >= 0.3 is 5.97 Å². The summed E-state index contributed by atoms with van der Waals surface area (Å²) in [7, 11) is 1.47. The van der Waals surface area contributed by atoms with Gasteiger partial charge < -0.3 is 4.74 Å². The minimum absolute atomic E-state index is 0.0916. The fourth-order valence-electron chi connectivity index (χ4n) is 4.57. The van der Waals surface area contributed by atoms with Gasteiger partial charge in [-0.15, -0.1) is 0 Å². The summed E-state index contributed by atoms with van der Waals surface area (Å²) in [5.74, 6) is 0.586. The van der Waals surface area contributed by atoms with Gasteiger partial charge in [0.15, 0.2) is 0 Å². The summed E-state index contributed by atoms with van der Waals surface area (Å²) in [6.07, 6.45) is 4.46. The van der Waals surface area contributed by atoms with Crippen LogP contribution in [-0.4, -0.2) is 19.4 Å². The highest BCUT2D eigenvalue weighted by atomic mass is 16.5. The van der Waals surface area contributed by atoms with E-state index in [2.05, 4.69) is 27.4 Å². The first kappa shape index (κ1) is 15.3. The van der Waals surface area contributed by atoms with Crippen LogP contribution in [0, 0.1) is 28.6 Å². The molecule has 0 aromatic heterocycles. The molecular weight excluding hydrogens is 252 g/mol. The normalized spacial score (nSPS) is 38.9. The van der Waals surface area contributed by atoms with Crippen molar-refractivity contribution in [2.75, 3.05) is 7.11 Å². The number of hydrogen-bond acceptors (Lipinski definition) is 3. The molecule has 0 bridgehead atoms. The monoisotopic (exact) mass is 278 g/mol. The molecule has 0 saturated heterocycles. The minimum atomic E-state index is -0.402. The summed E-state index contributed by atoms with van der Waals surface area (Å²) in [6, 6.07) is 0. The molecule has 3 nitrogen and oxygen atoms in total. The van der Waals surface area contributed by atoms with Crippen LogP contribution in [0.25, 0.3) is 0 Å². The summed E-state index contributed by atoms with van der Waals surface area (Å²) in [5.41, 5.74) is 0.430. The first-order valence-corrected chi connectivity index (χ1v) is 7.52. The predicted molar refractivity (Wildman–Crippen MR) is 78.0 cm³/mol. The quantitative estimate of drug-likeness (QED) is 0.451. The number of ether oxygens (including phenoxy) is 1. The van der Waals surface area contributed by atoms with E-state index in [1.54, 1.807) is 0 Å². The highest BCUT2D eigenvalue weighted by Gasteiger charge is 2.61. The van der Waals surface area contributed by atoms with Gasteiger partial charge in [0.25, 0.3) is 0 Å². The van der Waals surface area contributed by atoms with Gasteiger partial charge in [-0.2, -0.15) is 0 Å². The molecule has 2 saturated carbocycles. The molecule has 2 aliphatic carbocycles. The molecule has 0 spiro atoms. The Morgan fingerprint density at radius 1 is 1.30 bits per heavy atom. The van der Waals surface area contributed by atoms with E-state index in [1.807, 2.05) is 0 Å². The van der Waals surface area contributed by atoms with Crippen molar-refractivity contribution in [2.45, 2.75) is 46.5 Å². The molecule has 2 aliphatic rings. The number of allylic oxidation sites excluding steroid dienone is 1. The van der Waals surface area contributed by atoms with E-state index in [4.69, 9.17) is 4.74 Å². The topological polar surface area (TPSA) is 43.4 Å². The molecule has 20 heavy (non-hydrogen) atoms. The lowest BCUT2D eigenvalue weighted by Gasteiger charge is -2.51. The molecule has 0 heterocycles. The van der Waals surface area contributed by atoms with Crippen molar-refractivity contribution in [1.29, 1.82) is 0 Å². The molecule has 2 rings (SSSR count). The number of aldehydes is 1. The number of rotatable bonds is 3. The van der Waals surface area contributed by atoms with Crippen LogP contribution in [0.1, 0.15) is 46.5 Å².